The summed E-state index contributed by atoms with van der Waals surface area (Å²) in [7, 11) is 0. The fraction of sp³-hybridized carbons (Fsp3) is 0.455. The first kappa shape index (κ1) is 11.1. The van der Waals surface area contributed by atoms with Crippen molar-refractivity contribution in [2.75, 3.05) is 0 Å². The van der Waals surface area contributed by atoms with Crippen LogP contribution >= 0.6 is 15.9 Å². The Hall–Kier alpha value is -1.04. The second-order valence-electron chi connectivity index (χ2n) is 4.29. The summed E-state index contributed by atoms with van der Waals surface area (Å²) in [5.41, 5.74) is 1.28. The van der Waals surface area contributed by atoms with Gasteiger partial charge in [-0.1, -0.05) is 0 Å². The third kappa shape index (κ3) is 1.74. The van der Waals surface area contributed by atoms with Gasteiger partial charge in [-0.05, 0) is 35.7 Å². The largest absolute Gasteiger partial charge is 0.287 e. The lowest BCUT2D eigenvalue weighted by Gasteiger charge is -2.06. The van der Waals surface area contributed by atoms with E-state index in [2.05, 4.69) is 25.9 Å². The van der Waals surface area contributed by atoms with Crippen molar-refractivity contribution in [3.63, 3.8) is 0 Å². The van der Waals surface area contributed by atoms with Gasteiger partial charge < -0.3 is 0 Å². The van der Waals surface area contributed by atoms with Gasteiger partial charge in [0.05, 0.1) is 10.2 Å². The number of hydrogen-bond acceptors (Lipinski definition) is 2. The molecule has 17 heavy (non-hydrogen) atoms. The van der Waals surface area contributed by atoms with E-state index in [9.17, 15) is 8.78 Å². The minimum atomic E-state index is -2.55. The second kappa shape index (κ2) is 3.73. The lowest BCUT2D eigenvalue weighted by molar-refractivity contribution is 0.147. The summed E-state index contributed by atoms with van der Waals surface area (Å²) in [5, 5.41) is 0. The molecule has 6 heteroatoms. The molecule has 0 unspecified atom stereocenters. The number of nitrogens with zero attached hydrogens (tertiary/aromatic N) is 3. The van der Waals surface area contributed by atoms with Crippen LogP contribution in [-0.2, 0) is 0 Å². The standard InChI is InChI=1S/C11H10BrF2N3/c1-5-15-9(6-2-3-6)8(12)11-16-7(10(13)14)4-17(5)11/h4,6,10H,2-3H2,1H3. The lowest BCUT2D eigenvalue weighted by atomic mass is 10.3. The van der Waals surface area contributed by atoms with Crippen molar-refractivity contribution in [2.24, 2.45) is 0 Å². The number of halogens is 3. The molecule has 2 aromatic heterocycles. The van der Waals surface area contributed by atoms with Crippen LogP contribution in [-0.4, -0.2) is 14.4 Å². The Balaban J connectivity index is 2.26. The molecular weight excluding hydrogens is 292 g/mol. The summed E-state index contributed by atoms with van der Waals surface area (Å²) in [6.07, 6.45) is 1.03. The molecule has 0 bridgehead atoms. The van der Waals surface area contributed by atoms with E-state index in [1.165, 1.54) is 6.20 Å². The molecule has 2 heterocycles. The first-order valence-electron chi connectivity index (χ1n) is 5.41. The normalized spacial score (nSPS) is 16.1. The quantitative estimate of drug-likeness (QED) is 0.848. The molecule has 0 spiro atoms. The fourth-order valence-corrected chi connectivity index (χ4v) is 2.62. The van der Waals surface area contributed by atoms with Crippen molar-refractivity contribution in [1.29, 1.82) is 0 Å². The molecule has 2 aromatic rings. The van der Waals surface area contributed by atoms with Crippen LogP contribution in [0.4, 0.5) is 8.78 Å². The molecule has 0 radical (unpaired) electrons. The van der Waals surface area contributed by atoms with Gasteiger partial charge >= 0.3 is 0 Å². The zero-order valence-electron chi connectivity index (χ0n) is 9.12. The number of aromatic nitrogens is 3. The van der Waals surface area contributed by atoms with Crippen molar-refractivity contribution in [3.8, 4) is 0 Å². The molecule has 0 atom stereocenters. The maximum absolute atomic E-state index is 12.6. The molecule has 90 valence electrons. The molecule has 3 nitrogen and oxygen atoms in total. The minimum absolute atomic E-state index is 0.205. The predicted octanol–water partition coefficient (Wildman–Crippen LogP) is 3.62. The summed E-state index contributed by atoms with van der Waals surface area (Å²) < 4.78 is 27.6. The Morgan fingerprint density at radius 2 is 2.12 bits per heavy atom. The Morgan fingerprint density at radius 3 is 2.71 bits per heavy atom. The molecule has 0 aliphatic heterocycles. The van der Waals surface area contributed by atoms with Gasteiger partial charge in [-0.3, -0.25) is 4.40 Å². The van der Waals surface area contributed by atoms with E-state index in [1.807, 2.05) is 6.92 Å². The van der Waals surface area contributed by atoms with E-state index < -0.39 is 6.43 Å². The summed E-state index contributed by atoms with van der Waals surface area (Å²) in [6.45, 7) is 1.81. The number of imidazole rings is 1. The monoisotopic (exact) mass is 301 g/mol. The van der Waals surface area contributed by atoms with Gasteiger partial charge in [0.2, 0.25) is 0 Å². The SMILES string of the molecule is Cc1nc(C2CC2)c(Br)c2nc(C(F)F)cn12. The molecule has 1 aliphatic carbocycles. The van der Waals surface area contributed by atoms with E-state index in [0.29, 0.717) is 17.4 Å². The Kier molecular flexibility index (Phi) is 2.43. The van der Waals surface area contributed by atoms with Crippen LogP contribution in [0.25, 0.3) is 5.65 Å². The number of hydrogen-bond donors (Lipinski definition) is 0. The average Bonchev–Trinajstić information content (AvgIpc) is 3.00. The topological polar surface area (TPSA) is 30.2 Å². The minimum Gasteiger partial charge on any atom is -0.287 e. The van der Waals surface area contributed by atoms with Crippen molar-refractivity contribution in [1.82, 2.24) is 14.4 Å². The summed E-state index contributed by atoms with van der Waals surface area (Å²) in [6, 6.07) is 0. The summed E-state index contributed by atoms with van der Waals surface area (Å²) in [4.78, 5) is 8.44. The maximum Gasteiger partial charge on any atom is 0.281 e. The Morgan fingerprint density at radius 1 is 1.41 bits per heavy atom. The van der Waals surface area contributed by atoms with Gasteiger partial charge in [-0.25, -0.2) is 18.7 Å². The zero-order chi connectivity index (χ0) is 12.2. The van der Waals surface area contributed by atoms with Crippen LogP contribution in [0.3, 0.4) is 0 Å². The molecule has 1 saturated carbocycles. The van der Waals surface area contributed by atoms with E-state index in [1.54, 1.807) is 4.40 Å². The number of alkyl halides is 2. The lowest BCUT2D eigenvalue weighted by Crippen LogP contribution is -2.00. The van der Waals surface area contributed by atoms with E-state index in [4.69, 9.17) is 0 Å². The molecule has 0 saturated heterocycles. The van der Waals surface area contributed by atoms with E-state index in [0.717, 1.165) is 23.0 Å². The highest BCUT2D eigenvalue weighted by Crippen LogP contribution is 2.43. The van der Waals surface area contributed by atoms with Gasteiger partial charge in [0, 0.05) is 12.1 Å². The zero-order valence-corrected chi connectivity index (χ0v) is 10.7. The third-order valence-electron chi connectivity index (χ3n) is 2.96. The van der Waals surface area contributed by atoms with Gasteiger partial charge in [-0.15, -0.1) is 0 Å². The average molecular weight is 302 g/mol. The summed E-state index contributed by atoms with van der Waals surface area (Å²) in [5.74, 6) is 1.16. The number of aryl methyl sites for hydroxylation is 1. The predicted molar refractivity (Wildman–Crippen MR) is 62.4 cm³/mol. The third-order valence-corrected chi connectivity index (χ3v) is 3.73. The Labute approximate surface area is 105 Å². The van der Waals surface area contributed by atoms with Crippen LogP contribution in [0.1, 0.15) is 42.4 Å². The van der Waals surface area contributed by atoms with Crippen molar-refractivity contribution < 1.29 is 8.78 Å². The second-order valence-corrected chi connectivity index (χ2v) is 5.09. The van der Waals surface area contributed by atoms with Crippen LogP contribution in [0.15, 0.2) is 10.7 Å². The van der Waals surface area contributed by atoms with Crippen LogP contribution in [0, 0.1) is 6.92 Å². The number of fused-ring (bicyclic) bond motifs is 1. The molecule has 1 fully saturated rings. The molecule has 3 rings (SSSR count). The van der Waals surface area contributed by atoms with Crippen molar-refractivity contribution >= 4 is 21.6 Å². The molecular formula is C11H10BrF2N3. The van der Waals surface area contributed by atoms with Gasteiger partial charge in [0.15, 0.2) is 5.65 Å². The highest BCUT2D eigenvalue weighted by molar-refractivity contribution is 9.10. The van der Waals surface area contributed by atoms with Crippen molar-refractivity contribution in [3.05, 3.63) is 27.9 Å². The van der Waals surface area contributed by atoms with Gasteiger partial charge in [-0.2, -0.15) is 0 Å². The maximum atomic E-state index is 12.6. The molecule has 0 amide bonds. The highest BCUT2D eigenvalue weighted by atomic mass is 79.9. The molecule has 0 N–H and O–H groups in total. The first-order chi connectivity index (χ1) is 8.08. The van der Waals surface area contributed by atoms with Gasteiger partial charge in [0.1, 0.15) is 11.5 Å². The summed E-state index contributed by atoms with van der Waals surface area (Å²) >= 11 is 3.43. The van der Waals surface area contributed by atoms with E-state index in [-0.39, 0.29) is 5.69 Å². The van der Waals surface area contributed by atoms with Crippen LogP contribution in [0.5, 0.6) is 0 Å². The van der Waals surface area contributed by atoms with E-state index >= 15 is 0 Å². The molecule has 0 aromatic carbocycles. The number of rotatable bonds is 2. The van der Waals surface area contributed by atoms with Gasteiger partial charge in [0.25, 0.3) is 6.43 Å². The van der Waals surface area contributed by atoms with Crippen LogP contribution < -0.4 is 0 Å². The smallest absolute Gasteiger partial charge is 0.281 e. The Bertz CT molecular complexity index is 590. The fourth-order valence-electron chi connectivity index (χ4n) is 1.92. The van der Waals surface area contributed by atoms with Crippen LogP contribution in [0.2, 0.25) is 0 Å². The highest BCUT2D eigenvalue weighted by Gasteiger charge is 2.29. The first-order valence-corrected chi connectivity index (χ1v) is 6.20. The van der Waals surface area contributed by atoms with Crippen molar-refractivity contribution in [2.45, 2.75) is 32.1 Å². The molecule has 1 aliphatic rings.